The van der Waals surface area contributed by atoms with Crippen molar-refractivity contribution in [2.24, 2.45) is 7.05 Å². The summed E-state index contributed by atoms with van der Waals surface area (Å²) >= 11 is 0. The number of aryl methyl sites for hydroxylation is 1. The number of hydrogen-bond acceptors (Lipinski definition) is 3. The van der Waals surface area contributed by atoms with Crippen LogP contribution in [0.3, 0.4) is 0 Å². The van der Waals surface area contributed by atoms with E-state index in [1.165, 1.54) is 10.9 Å². The third-order valence-corrected chi connectivity index (χ3v) is 3.66. The minimum absolute atomic E-state index is 0.160. The molecule has 5 nitrogen and oxygen atoms in total. The number of carbonyl (C=O) groups excluding carboxylic acids is 1. The van der Waals surface area contributed by atoms with E-state index in [1.54, 1.807) is 7.05 Å². The summed E-state index contributed by atoms with van der Waals surface area (Å²) in [4.78, 5) is 12.3. The van der Waals surface area contributed by atoms with Crippen molar-refractivity contribution in [3.8, 4) is 0 Å². The molecule has 1 aliphatic rings. The van der Waals surface area contributed by atoms with Gasteiger partial charge in [0, 0.05) is 7.05 Å². The van der Waals surface area contributed by atoms with Gasteiger partial charge < -0.3 is 11.1 Å². The molecule has 3 N–H and O–H groups in total. The predicted octanol–water partition coefficient (Wildman–Crippen LogP) is 1.42. The molecule has 0 saturated heterocycles. The zero-order chi connectivity index (χ0) is 13.5. The second-order valence-electron chi connectivity index (χ2n) is 4.97. The zero-order valence-electron chi connectivity index (χ0n) is 10.8. The Hall–Kier alpha value is -2.30. The number of rotatable bonds is 3. The Morgan fingerprint density at radius 3 is 2.58 bits per heavy atom. The summed E-state index contributed by atoms with van der Waals surface area (Å²) in [5.74, 6) is 0.230. The molecule has 1 aromatic carbocycles. The van der Waals surface area contributed by atoms with Crippen LogP contribution in [0.25, 0.3) is 0 Å². The smallest absolute Gasteiger partial charge is 0.257 e. The predicted molar refractivity (Wildman–Crippen MR) is 72.4 cm³/mol. The molecule has 98 valence electrons. The van der Waals surface area contributed by atoms with Crippen molar-refractivity contribution < 1.29 is 4.79 Å². The Balaban J connectivity index is 1.83. The molecule has 1 aliphatic carbocycles. The Kier molecular flexibility index (Phi) is 2.55. The number of carbonyl (C=O) groups is 1. The molecule has 1 aromatic heterocycles. The molecule has 0 radical (unpaired) electrons. The van der Waals surface area contributed by atoms with Gasteiger partial charge in [0.05, 0.1) is 11.7 Å². The maximum absolute atomic E-state index is 12.3. The lowest BCUT2D eigenvalue weighted by Crippen LogP contribution is -2.35. The number of hydrogen-bond donors (Lipinski definition) is 2. The maximum Gasteiger partial charge on any atom is 0.257 e. The van der Waals surface area contributed by atoms with Gasteiger partial charge in [0.25, 0.3) is 5.91 Å². The Labute approximate surface area is 111 Å². The van der Waals surface area contributed by atoms with Gasteiger partial charge in [-0.05, 0) is 18.4 Å². The summed E-state index contributed by atoms with van der Waals surface area (Å²) in [6.45, 7) is 0. The highest BCUT2D eigenvalue weighted by Crippen LogP contribution is 2.45. The number of aromatic nitrogens is 2. The molecule has 1 saturated carbocycles. The lowest BCUT2D eigenvalue weighted by molar-refractivity contribution is 0.0931. The Bertz CT molecular complexity index is 614. The Morgan fingerprint density at radius 1 is 1.37 bits per heavy atom. The molecule has 5 heteroatoms. The quantitative estimate of drug-likeness (QED) is 0.872. The second kappa shape index (κ2) is 4.12. The van der Waals surface area contributed by atoms with Gasteiger partial charge in [-0.15, -0.1) is 0 Å². The van der Waals surface area contributed by atoms with E-state index in [0.29, 0.717) is 11.4 Å². The standard InChI is InChI=1S/C14H16N4O/c1-18-12(15)11(9-16-18)13(19)17-14(7-8-14)10-5-3-2-4-6-10/h2-6,9H,7-8,15H2,1H3,(H,17,19). The highest BCUT2D eigenvalue weighted by Gasteiger charge is 2.45. The topological polar surface area (TPSA) is 72.9 Å². The first kappa shape index (κ1) is 11.8. The third-order valence-electron chi connectivity index (χ3n) is 3.66. The third kappa shape index (κ3) is 1.97. The zero-order valence-corrected chi connectivity index (χ0v) is 10.8. The SMILES string of the molecule is Cn1ncc(C(=O)NC2(c3ccccc3)CC2)c1N. The van der Waals surface area contributed by atoms with Crippen LogP contribution in [-0.2, 0) is 12.6 Å². The minimum atomic E-state index is -0.222. The molecule has 0 unspecified atom stereocenters. The molecule has 0 bridgehead atoms. The molecule has 19 heavy (non-hydrogen) atoms. The van der Waals surface area contributed by atoms with Crippen molar-refractivity contribution in [2.45, 2.75) is 18.4 Å². The first-order chi connectivity index (χ1) is 9.12. The van der Waals surface area contributed by atoms with E-state index in [0.717, 1.165) is 18.4 Å². The number of amides is 1. The van der Waals surface area contributed by atoms with Crippen molar-refractivity contribution in [1.82, 2.24) is 15.1 Å². The van der Waals surface area contributed by atoms with E-state index in [4.69, 9.17) is 5.73 Å². The van der Waals surface area contributed by atoms with Gasteiger partial charge in [0.15, 0.2) is 0 Å². The summed E-state index contributed by atoms with van der Waals surface area (Å²) in [5, 5.41) is 7.07. The molecule has 0 atom stereocenters. The number of nitrogens with one attached hydrogen (secondary N) is 1. The van der Waals surface area contributed by atoms with Gasteiger partial charge in [-0.1, -0.05) is 30.3 Å². The minimum Gasteiger partial charge on any atom is -0.383 e. The fourth-order valence-electron chi connectivity index (χ4n) is 2.27. The van der Waals surface area contributed by atoms with Gasteiger partial charge in [0.1, 0.15) is 11.4 Å². The molecule has 1 fully saturated rings. The fraction of sp³-hybridized carbons (Fsp3) is 0.286. The van der Waals surface area contributed by atoms with Crippen LogP contribution in [0, 0.1) is 0 Å². The average molecular weight is 256 g/mol. The number of nitrogen functional groups attached to an aromatic ring is 1. The van der Waals surface area contributed by atoms with E-state index in [-0.39, 0.29) is 11.4 Å². The normalized spacial score (nSPS) is 16.1. The summed E-state index contributed by atoms with van der Waals surface area (Å²) in [6.07, 6.45) is 3.43. The van der Waals surface area contributed by atoms with Crippen LogP contribution >= 0.6 is 0 Å². The van der Waals surface area contributed by atoms with Gasteiger partial charge >= 0.3 is 0 Å². The van der Waals surface area contributed by atoms with Crippen molar-refractivity contribution in [3.05, 3.63) is 47.7 Å². The van der Waals surface area contributed by atoms with Crippen LogP contribution in [0.2, 0.25) is 0 Å². The van der Waals surface area contributed by atoms with E-state index in [1.807, 2.05) is 30.3 Å². The molecular weight excluding hydrogens is 240 g/mol. The van der Waals surface area contributed by atoms with Crippen LogP contribution in [0.15, 0.2) is 36.5 Å². The highest BCUT2D eigenvalue weighted by molar-refractivity contribution is 5.98. The van der Waals surface area contributed by atoms with Crippen molar-refractivity contribution in [2.75, 3.05) is 5.73 Å². The molecule has 2 aromatic rings. The van der Waals surface area contributed by atoms with Crippen LogP contribution in [0.1, 0.15) is 28.8 Å². The Morgan fingerprint density at radius 2 is 2.05 bits per heavy atom. The van der Waals surface area contributed by atoms with Crippen molar-refractivity contribution >= 4 is 11.7 Å². The highest BCUT2D eigenvalue weighted by atomic mass is 16.2. The molecule has 1 amide bonds. The van der Waals surface area contributed by atoms with Gasteiger partial charge in [-0.2, -0.15) is 5.10 Å². The average Bonchev–Trinajstić information content (AvgIpc) is 3.13. The summed E-state index contributed by atoms with van der Waals surface area (Å²) in [5.41, 5.74) is 7.18. The van der Waals surface area contributed by atoms with Crippen molar-refractivity contribution in [3.63, 3.8) is 0 Å². The molecule has 0 spiro atoms. The van der Waals surface area contributed by atoms with E-state index < -0.39 is 0 Å². The van der Waals surface area contributed by atoms with Crippen LogP contribution < -0.4 is 11.1 Å². The number of anilines is 1. The molecular formula is C14H16N4O. The summed E-state index contributed by atoms with van der Waals surface area (Å²) < 4.78 is 1.50. The summed E-state index contributed by atoms with van der Waals surface area (Å²) in [6, 6.07) is 10.0. The molecule has 0 aliphatic heterocycles. The van der Waals surface area contributed by atoms with Crippen LogP contribution in [-0.4, -0.2) is 15.7 Å². The first-order valence-electron chi connectivity index (χ1n) is 6.28. The maximum atomic E-state index is 12.3. The van der Waals surface area contributed by atoms with Gasteiger partial charge in [-0.25, -0.2) is 0 Å². The molecule has 1 heterocycles. The fourth-order valence-corrected chi connectivity index (χ4v) is 2.27. The largest absolute Gasteiger partial charge is 0.383 e. The molecule has 3 rings (SSSR count). The number of benzene rings is 1. The lowest BCUT2D eigenvalue weighted by atomic mass is 10.0. The monoisotopic (exact) mass is 256 g/mol. The number of nitrogens with zero attached hydrogens (tertiary/aromatic N) is 2. The van der Waals surface area contributed by atoms with Crippen LogP contribution in [0.4, 0.5) is 5.82 Å². The van der Waals surface area contributed by atoms with E-state index in [9.17, 15) is 4.79 Å². The van der Waals surface area contributed by atoms with Gasteiger partial charge in [-0.3, -0.25) is 9.48 Å². The number of nitrogens with two attached hydrogens (primary N) is 1. The lowest BCUT2D eigenvalue weighted by Gasteiger charge is -2.17. The van der Waals surface area contributed by atoms with Gasteiger partial charge in [0.2, 0.25) is 0 Å². The second-order valence-corrected chi connectivity index (χ2v) is 4.97. The first-order valence-corrected chi connectivity index (χ1v) is 6.28. The van der Waals surface area contributed by atoms with E-state index >= 15 is 0 Å². The van der Waals surface area contributed by atoms with Crippen molar-refractivity contribution in [1.29, 1.82) is 0 Å². The summed E-state index contributed by atoms with van der Waals surface area (Å²) in [7, 11) is 1.72. The van der Waals surface area contributed by atoms with Crippen LogP contribution in [0.5, 0.6) is 0 Å². The van der Waals surface area contributed by atoms with E-state index in [2.05, 4.69) is 10.4 Å².